The Bertz CT molecular complexity index is 1500. The van der Waals surface area contributed by atoms with Crippen LogP contribution in [0.25, 0.3) is 6.08 Å². The highest BCUT2D eigenvalue weighted by molar-refractivity contribution is 8.04. The summed E-state index contributed by atoms with van der Waals surface area (Å²) in [7, 11) is 0. The highest BCUT2D eigenvalue weighted by Gasteiger charge is 2.30. The van der Waals surface area contributed by atoms with Crippen molar-refractivity contribution in [2.45, 2.75) is 44.2 Å². The van der Waals surface area contributed by atoms with Gasteiger partial charge in [0.25, 0.3) is 11.8 Å². The quantitative estimate of drug-likeness (QED) is 0.240. The zero-order chi connectivity index (χ0) is 27.2. The van der Waals surface area contributed by atoms with E-state index in [-0.39, 0.29) is 17.9 Å². The lowest BCUT2D eigenvalue weighted by molar-refractivity contribution is -0.114. The van der Waals surface area contributed by atoms with Gasteiger partial charge in [0, 0.05) is 16.5 Å². The molecule has 2 amide bonds. The molecule has 0 spiro atoms. The highest BCUT2D eigenvalue weighted by Crippen LogP contribution is 2.43. The maximum absolute atomic E-state index is 13.8. The van der Waals surface area contributed by atoms with Crippen LogP contribution in [-0.4, -0.2) is 17.9 Å². The van der Waals surface area contributed by atoms with Gasteiger partial charge in [-0.25, -0.2) is 0 Å². The number of aryl methyl sites for hydroxylation is 1. The highest BCUT2D eigenvalue weighted by atomic mass is 32.2. The van der Waals surface area contributed by atoms with E-state index in [0.29, 0.717) is 17.0 Å². The van der Waals surface area contributed by atoms with Gasteiger partial charge in [0.05, 0.1) is 17.1 Å². The van der Waals surface area contributed by atoms with Crippen LogP contribution in [0.1, 0.15) is 46.0 Å². The molecule has 39 heavy (non-hydrogen) atoms. The molecule has 0 fully saturated rings. The Balaban J connectivity index is 1.45. The van der Waals surface area contributed by atoms with E-state index in [9.17, 15) is 9.59 Å². The minimum absolute atomic E-state index is 0.0238. The molecule has 1 atom stereocenters. The molecule has 1 aliphatic rings. The molecule has 4 nitrogen and oxygen atoms in total. The number of amides is 2. The fraction of sp³-hybridized carbons (Fsp3) is 0.176. The first-order valence-corrected chi connectivity index (χ1v) is 14.1. The second-order valence-corrected chi connectivity index (χ2v) is 10.9. The number of fused-ring (bicyclic) bond motifs is 1. The van der Waals surface area contributed by atoms with Gasteiger partial charge in [-0.2, -0.15) is 0 Å². The van der Waals surface area contributed by atoms with Gasteiger partial charge < -0.3 is 10.2 Å². The second kappa shape index (κ2) is 12.2. The topological polar surface area (TPSA) is 49.4 Å². The van der Waals surface area contributed by atoms with Crippen LogP contribution in [0.4, 0.5) is 5.69 Å². The molecule has 0 bridgehead atoms. The van der Waals surface area contributed by atoms with E-state index < -0.39 is 0 Å². The van der Waals surface area contributed by atoms with Crippen molar-refractivity contribution in [3.05, 3.63) is 136 Å². The molecule has 0 unspecified atom stereocenters. The summed E-state index contributed by atoms with van der Waals surface area (Å²) in [6.07, 6.45) is 3.54. The van der Waals surface area contributed by atoms with E-state index in [1.54, 1.807) is 4.90 Å². The number of hydrogen-bond donors (Lipinski definition) is 1. The molecule has 1 heterocycles. The van der Waals surface area contributed by atoms with Crippen LogP contribution < -0.4 is 10.2 Å². The number of carbonyl (C=O) groups is 2. The van der Waals surface area contributed by atoms with Crippen molar-refractivity contribution < 1.29 is 9.59 Å². The van der Waals surface area contributed by atoms with Crippen LogP contribution in [0.5, 0.6) is 0 Å². The largest absolute Gasteiger partial charge is 0.349 e. The van der Waals surface area contributed by atoms with Crippen molar-refractivity contribution in [1.82, 2.24) is 5.32 Å². The van der Waals surface area contributed by atoms with Crippen molar-refractivity contribution >= 4 is 35.3 Å². The van der Waals surface area contributed by atoms with Crippen LogP contribution in [0.2, 0.25) is 0 Å². The van der Waals surface area contributed by atoms with Gasteiger partial charge in [-0.15, -0.1) is 0 Å². The SMILES string of the molecule is CC[C@@H](Cc1ccccc1)NC(=O)c1ccc2c(c1)N(Cc1cccc(C)c1)C(=O)/C(=C/c1ccccc1)S2. The number of rotatable bonds is 8. The number of carbonyl (C=O) groups excluding carboxylic acids is 2. The second-order valence-electron chi connectivity index (χ2n) is 9.85. The normalized spacial score (nSPS) is 14.7. The number of nitrogens with one attached hydrogen (secondary N) is 1. The molecule has 0 saturated carbocycles. The van der Waals surface area contributed by atoms with Crippen molar-refractivity contribution in [2.24, 2.45) is 0 Å². The fourth-order valence-electron chi connectivity index (χ4n) is 4.77. The predicted molar refractivity (Wildman–Crippen MR) is 161 cm³/mol. The van der Waals surface area contributed by atoms with Gasteiger partial charge in [0.15, 0.2) is 0 Å². The third-order valence-corrected chi connectivity index (χ3v) is 7.94. The van der Waals surface area contributed by atoms with Crippen LogP contribution in [0, 0.1) is 6.92 Å². The predicted octanol–water partition coefficient (Wildman–Crippen LogP) is 7.43. The van der Waals surface area contributed by atoms with Crippen molar-refractivity contribution in [1.29, 1.82) is 0 Å². The van der Waals surface area contributed by atoms with Gasteiger partial charge in [-0.3, -0.25) is 9.59 Å². The molecule has 4 aromatic rings. The van der Waals surface area contributed by atoms with Crippen molar-refractivity contribution in [3.8, 4) is 0 Å². The van der Waals surface area contributed by atoms with Gasteiger partial charge >= 0.3 is 0 Å². The van der Waals surface area contributed by atoms with E-state index in [2.05, 4.69) is 30.4 Å². The zero-order valence-electron chi connectivity index (χ0n) is 22.3. The fourth-order valence-corrected chi connectivity index (χ4v) is 5.81. The maximum atomic E-state index is 13.8. The molecule has 5 rings (SSSR count). The molecular weight excluding hydrogens is 500 g/mol. The molecule has 196 valence electrons. The van der Waals surface area contributed by atoms with E-state index in [0.717, 1.165) is 40.1 Å². The Morgan fingerprint density at radius 1 is 0.897 bits per heavy atom. The molecule has 1 N–H and O–H groups in total. The summed E-state index contributed by atoms with van der Waals surface area (Å²) in [5, 5.41) is 3.20. The summed E-state index contributed by atoms with van der Waals surface area (Å²) < 4.78 is 0. The van der Waals surface area contributed by atoms with E-state index in [1.165, 1.54) is 17.3 Å². The summed E-state index contributed by atoms with van der Waals surface area (Å²) in [5.74, 6) is -0.190. The third kappa shape index (κ3) is 6.50. The Labute approximate surface area is 234 Å². The van der Waals surface area contributed by atoms with Crippen LogP contribution in [0.15, 0.2) is 113 Å². The van der Waals surface area contributed by atoms with E-state index >= 15 is 0 Å². The standard InChI is InChI=1S/C34H32N2O2S/c1-3-29(20-25-12-6-4-7-13-25)35-33(37)28-17-18-31-30(22-28)36(23-27-16-10-11-24(2)19-27)34(38)32(39-31)21-26-14-8-5-9-15-26/h4-19,21-22,29H,3,20,23H2,1-2H3,(H,35,37)/b32-21-/t29-/m0/s1. The van der Waals surface area contributed by atoms with Gasteiger partial charge in [-0.1, -0.05) is 109 Å². The molecule has 0 saturated heterocycles. The molecule has 0 aliphatic carbocycles. The monoisotopic (exact) mass is 532 g/mol. The number of thioether (sulfide) groups is 1. The average molecular weight is 533 g/mol. The molecule has 0 aromatic heterocycles. The Kier molecular flexibility index (Phi) is 8.28. The van der Waals surface area contributed by atoms with Gasteiger partial charge in [-0.05, 0) is 60.7 Å². The Morgan fingerprint density at radius 2 is 1.62 bits per heavy atom. The smallest absolute Gasteiger partial charge is 0.265 e. The van der Waals surface area contributed by atoms with E-state index in [4.69, 9.17) is 0 Å². The van der Waals surface area contributed by atoms with E-state index in [1.807, 2.05) is 97.9 Å². The minimum atomic E-state index is -0.126. The molecular formula is C34H32N2O2S. The Morgan fingerprint density at radius 3 is 2.33 bits per heavy atom. The first-order chi connectivity index (χ1) is 19.0. The van der Waals surface area contributed by atoms with Gasteiger partial charge in [0.2, 0.25) is 0 Å². The van der Waals surface area contributed by atoms with Crippen LogP contribution >= 0.6 is 11.8 Å². The Hall–Kier alpha value is -4.09. The van der Waals surface area contributed by atoms with Gasteiger partial charge in [0.1, 0.15) is 0 Å². The molecule has 5 heteroatoms. The molecule has 4 aromatic carbocycles. The third-order valence-electron chi connectivity index (χ3n) is 6.86. The lowest BCUT2D eigenvalue weighted by atomic mass is 10.0. The summed E-state index contributed by atoms with van der Waals surface area (Å²) in [5.41, 5.74) is 5.68. The number of nitrogens with zero attached hydrogens (tertiary/aromatic N) is 1. The molecule has 0 radical (unpaired) electrons. The summed E-state index contributed by atoms with van der Waals surface area (Å²) >= 11 is 1.46. The number of benzene rings is 4. The maximum Gasteiger partial charge on any atom is 0.265 e. The molecule has 1 aliphatic heterocycles. The summed E-state index contributed by atoms with van der Waals surface area (Å²) in [4.78, 5) is 30.6. The van der Waals surface area contributed by atoms with Crippen LogP contribution in [-0.2, 0) is 17.8 Å². The summed E-state index contributed by atoms with van der Waals surface area (Å²) in [6.45, 7) is 4.56. The van der Waals surface area contributed by atoms with Crippen LogP contribution in [0.3, 0.4) is 0 Å². The zero-order valence-corrected chi connectivity index (χ0v) is 23.1. The van der Waals surface area contributed by atoms with Crippen molar-refractivity contribution in [2.75, 3.05) is 4.90 Å². The first-order valence-electron chi connectivity index (χ1n) is 13.3. The first kappa shape index (κ1) is 26.5. The minimum Gasteiger partial charge on any atom is -0.349 e. The number of anilines is 1. The average Bonchev–Trinajstić information content (AvgIpc) is 2.96. The summed E-state index contributed by atoms with van der Waals surface area (Å²) in [6, 6.07) is 34.0. The van der Waals surface area contributed by atoms with Crippen molar-refractivity contribution in [3.63, 3.8) is 0 Å². The lowest BCUT2D eigenvalue weighted by Gasteiger charge is -2.31. The number of hydrogen-bond acceptors (Lipinski definition) is 3. The lowest BCUT2D eigenvalue weighted by Crippen LogP contribution is -2.37.